The Kier molecular flexibility index (Phi) is 7.63. The summed E-state index contributed by atoms with van der Waals surface area (Å²) in [5, 5.41) is 4.59. The molecule has 0 aliphatic heterocycles. The summed E-state index contributed by atoms with van der Waals surface area (Å²) in [7, 11) is 2.09. The quantitative estimate of drug-likeness (QED) is 0.709. The summed E-state index contributed by atoms with van der Waals surface area (Å²) in [4.78, 5) is 8.44. The van der Waals surface area contributed by atoms with Crippen molar-refractivity contribution in [2.75, 3.05) is 38.3 Å². The van der Waals surface area contributed by atoms with E-state index in [4.69, 9.17) is 9.72 Å². The molecule has 0 amide bonds. The van der Waals surface area contributed by atoms with Crippen LogP contribution in [0.5, 0.6) is 0 Å². The van der Waals surface area contributed by atoms with Gasteiger partial charge >= 0.3 is 0 Å². The van der Waals surface area contributed by atoms with E-state index in [0.29, 0.717) is 0 Å². The van der Waals surface area contributed by atoms with Crippen LogP contribution in [0.4, 0.5) is 5.13 Å². The van der Waals surface area contributed by atoms with Gasteiger partial charge in [-0.15, -0.1) is 11.3 Å². The van der Waals surface area contributed by atoms with Gasteiger partial charge in [-0.25, -0.2) is 4.98 Å². The predicted molar refractivity (Wildman–Crippen MR) is 92.6 cm³/mol. The van der Waals surface area contributed by atoms with Gasteiger partial charge in [-0.05, 0) is 19.9 Å². The maximum atomic E-state index is 5.43. The zero-order valence-electron chi connectivity index (χ0n) is 14.5. The van der Waals surface area contributed by atoms with Crippen LogP contribution in [-0.4, -0.2) is 38.3 Å². The van der Waals surface area contributed by atoms with Gasteiger partial charge in [0.25, 0.3) is 0 Å². The number of nitrogens with one attached hydrogen (secondary N) is 1. The molecule has 122 valence electrons. The summed E-state index contributed by atoms with van der Waals surface area (Å²) < 4.78 is 5.43. The molecule has 0 bridgehead atoms. The second kappa shape index (κ2) is 8.71. The van der Waals surface area contributed by atoms with Gasteiger partial charge in [-0.1, -0.05) is 27.7 Å². The first-order valence-corrected chi connectivity index (χ1v) is 8.71. The number of nitrogens with zero attached hydrogens (tertiary/aromatic N) is 2. The van der Waals surface area contributed by atoms with Crippen LogP contribution >= 0.6 is 11.3 Å². The molecule has 0 saturated heterocycles. The Morgan fingerprint density at radius 1 is 1.29 bits per heavy atom. The number of anilines is 1. The van der Waals surface area contributed by atoms with E-state index in [1.807, 2.05) is 6.92 Å². The fourth-order valence-electron chi connectivity index (χ4n) is 2.03. The lowest BCUT2D eigenvalue weighted by Gasteiger charge is -2.18. The Morgan fingerprint density at radius 2 is 2.00 bits per heavy atom. The lowest BCUT2D eigenvalue weighted by atomic mass is 9.91. The maximum Gasteiger partial charge on any atom is 0.185 e. The molecule has 0 radical (unpaired) electrons. The van der Waals surface area contributed by atoms with Gasteiger partial charge in [0.1, 0.15) is 0 Å². The number of rotatable bonds is 9. The van der Waals surface area contributed by atoms with E-state index < -0.39 is 0 Å². The summed E-state index contributed by atoms with van der Waals surface area (Å²) in [6, 6.07) is 0. The van der Waals surface area contributed by atoms with Crippen molar-refractivity contribution in [3.8, 4) is 0 Å². The molecule has 4 nitrogen and oxygen atoms in total. The standard InChI is InChI=1S/C16H31N3OS/c1-7-9-17-12-13-14(16(3,4)5)18-15(21-13)19(6)10-11-20-8-2/h17H,7-12H2,1-6H3. The third kappa shape index (κ3) is 5.93. The summed E-state index contributed by atoms with van der Waals surface area (Å²) in [5.74, 6) is 0. The minimum Gasteiger partial charge on any atom is -0.380 e. The fraction of sp³-hybridized carbons (Fsp3) is 0.812. The molecule has 1 rings (SSSR count). The molecule has 1 N–H and O–H groups in total. The summed E-state index contributed by atoms with van der Waals surface area (Å²) in [6.07, 6.45) is 1.16. The molecule has 1 aromatic heterocycles. The Balaban J connectivity index is 2.81. The lowest BCUT2D eigenvalue weighted by Crippen LogP contribution is -2.23. The number of likely N-dealkylation sites (N-methyl/N-ethyl adjacent to an activating group) is 1. The van der Waals surface area contributed by atoms with Crippen molar-refractivity contribution in [3.05, 3.63) is 10.6 Å². The summed E-state index contributed by atoms with van der Waals surface area (Å²) >= 11 is 1.80. The van der Waals surface area contributed by atoms with Crippen molar-refractivity contribution in [3.63, 3.8) is 0 Å². The van der Waals surface area contributed by atoms with E-state index in [1.165, 1.54) is 10.6 Å². The van der Waals surface area contributed by atoms with E-state index in [0.717, 1.165) is 44.4 Å². The van der Waals surface area contributed by atoms with Gasteiger partial charge < -0.3 is 15.0 Å². The second-order valence-electron chi connectivity index (χ2n) is 6.31. The largest absolute Gasteiger partial charge is 0.380 e. The Bertz CT molecular complexity index is 412. The van der Waals surface area contributed by atoms with E-state index in [-0.39, 0.29) is 5.41 Å². The van der Waals surface area contributed by atoms with Crippen molar-refractivity contribution in [1.82, 2.24) is 10.3 Å². The third-order valence-corrected chi connectivity index (χ3v) is 4.38. The maximum absolute atomic E-state index is 5.43. The number of hydrogen-bond acceptors (Lipinski definition) is 5. The van der Waals surface area contributed by atoms with Crippen LogP contribution in [-0.2, 0) is 16.7 Å². The average Bonchev–Trinajstić information content (AvgIpc) is 2.83. The first kappa shape index (κ1) is 18.4. The highest BCUT2D eigenvalue weighted by molar-refractivity contribution is 7.15. The lowest BCUT2D eigenvalue weighted by molar-refractivity contribution is 0.154. The minimum atomic E-state index is 0.0821. The number of thiazole rings is 1. The van der Waals surface area contributed by atoms with E-state index in [9.17, 15) is 0 Å². The highest BCUT2D eigenvalue weighted by Crippen LogP contribution is 2.33. The summed E-state index contributed by atoms with van der Waals surface area (Å²) in [6.45, 7) is 15.3. The molecule has 0 fully saturated rings. The van der Waals surface area contributed by atoms with Crippen molar-refractivity contribution >= 4 is 16.5 Å². The fourth-order valence-corrected chi connectivity index (χ4v) is 3.26. The van der Waals surface area contributed by atoms with Gasteiger partial charge in [0.05, 0.1) is 12.3 Å². The molecule has 0 aliphatic carbocycles. The van der Waals surface area contributed by atoms with Crippen LogP contribution in [0, 0.1) is 0 Å². The highest BCUT2D eigenvalue weighted by atomic mass is 32.1. The van der Waals surface area contributed by atoms with E-state index in [2.05, 4.69) is 45.0 Å². The Labute approximate surface area is 133 Å². The zero-order chi connectivity index (χ0) is 15.9. The second-order valence-corrected chi connectivity index (χ2v) is 7.38. The number of ether oxygens (including phenoxy) is 1. The molecule has 0 atom stereocenters. The molecule has 0 saturated carbocycles. The van der Waals surface area contributed by atoms with Gasteiger partial charge in [0.15, 0.2) is 5.13 Å². The molecular weight excluding hydrogens is 282 g/mol. The topological polar surface area (TPSA) is 37.4 Å². The van der Waals surface area contributed by atoms with Crippen molar-refractivity contribution < 1.29 is 4.74 Å². The zero-order valence-corrected chi connectivity index (χ0v) is 15.3. The Morgan fingerprint density at radius 3 is 2.57 bits per heavy atom. The molecule has 1 heterocycles. The molecule has 5 heteroatoms. The van der Waals surface area contributed by atoms with Gasteiger partial charge in [-0.2, -0.15) is 0 Å². The average molecular weight is 314 g/mol. The number of hydrogen-bond donors (Lipinski definition) is 1. The van der Waals surface area contributed by atoms with Crippen LogP contribution in [0.15, 0.2) is 0 Å². The summed E-state index contributed by atoms with van der Waals surface area (Å²) in [5.41, 5.74) is 1.30. The normalized spacial score (nSPS) is 11.9. The van der Waals surface area contributed by atoms with Crippen molar-refractivity contribution in [2.24, 2.45) is 0 Å². The Hall–Kier alpha value is -0.650. The molecule has 0 aliphatic rings. The van der Waals surface area contributed by atoms with Crippen LogP contribution in [0.2, 0.25) is 0 Å². The van der Waals surface area contributed by atoms with E-state index >= 15 is 0 Å². The van der Waals surface area contributed by atoms with Crippen LogP contribution < -0.4 is 10.2 Å². The number of aromatic nitrogens is 1. The monoisotopic (exact) mass is 313 g/mol. The van der Waals surface area contributed by atoms with Gasteiger partial charge in [0, 0.05) is 37.0 Å². The molecular formula is C16H31N3OS. The SMILES string of the molecule is CCCNCc1sc(N(C)CCOCC)nc1C(C)(C)C. The first-order chi connectivity index (χ1) is 9.90. The van der Waals surface area contributed by atoms with Crippen molar-refractivity contribution in [2.45, 2.75) is 53.0 Å². The molecule has 0 unspecified atom stereocenters. The molecule has 0 spiro atoms. The first-order valence-electron chi connectivity index (χ1n) is 7.89. The van der Waals surface area contributed by atoms with Crippen LogP contribution in [0.1, 0.15) is 51.6 Å². The smallest absolute Gasteiger partial charge is 0.185 e. The predicted octanol–water partition coefficient (Wildman–Crippen LogP) is 3.41. The van der Waals surface area contributed by atoms with Crippen LogP contribution in [0.3, 0.4) is 0 Å². The van der Waals surface area contributed by atoms with Gasteiger partial charge in [-0.3, -0.25) is 0 Å². The van der Waals surface area contributed by atoms with E-state index in [1.54, 1.807) is 11.3 Å². The van der Waals surface area contributed by atoms with Gasteiger partial charge in [0.2, 0.25) is 0 Å². The highest BCUT2D eigenvalue weighted by Gasteiger charge is 2.24. The van der Waals surface area contributed by atoms with Crippen molar-refractivity contribution in [1.29, 1.82) is 0 Å². The van der Waals surface area contributed by atoms with Crippen LogP contribution in [0.25, 0.3) is 0 Å². The minimum absolute atomic E-state index is 0.0821. The molecule has 0 aromatic carbocycles. The molecule has 21 heavy (non-hydrogen) atoms. The molecule has 1 aromatic rings. The third-order valence-electron chi connectivity index (χ3n) is 3.21.